The minimum Gasteiger partial charge on any atom is -0.399 e. The Balaban J connectivity index is 2.48. The van der Waals surface area contributed by atoms with Crippen LogP contribution in [0.2, 0.25) is 0 Å². The molecule has 1 unspecified atom stereocenters. The first kappa shape index (κ1) is 11.6. The van der Waals surface area contributed by atoms with Gasteiger partial charge in [-0.3, -0.25) is 4.21 Å². The Labute approximate surface area is 91.7 Å². The predicted octanol–water partition coefficient (Wildman–Crippen LogP) is 2.13. The van der Waals surface area contributed by atoms with E-state index in [1.165, 1.54) is 0 Å². The highest BCUT2D eigenvalue weighted by atomic mass is 32.2. The molecule has 0 spiro atoms. The highest BCUT2D eigenvalue weighted by molar-refractivity contribution is 8.00. The van der Waals surface area contributed by atoms with Crippen LogP contribution in [0.5, 0.6) is 0 Å². The summed E-state index contributed by atoms with van der Waals surface area (Å²) in [4.78, 5) is 0.871. The van der Waals surface area contributed by atoms with E-state index < -0.39 is 10.8 Å². The molecule has 0 fully saturated rings. The van der Waals surface area contributed by atoms with Crippen LogP contribution in [0, 0.1) is 0 Å². The molecule has 0 saturated heterocycles. The van der Waals surface area contributed by atoms with Gasteiger partial charge in [-0.1, -0.05) is 6.92 Å². The number of hydrogen-bond donors (Lipinski definition) is 1. The van der Waals surface area contributed by atoms with Gasteiger partial charge in [-0.15, -0.1) is 0 Å². The Bertz CT molecular complexity index is 297. The third-order valence-corrected chi connectivity index (χ3v) is 4.29. The van der Waals surface area contributed by atoms with E-state index in [1.807, 2.05) is 23.9 Å². The molecule has 0 aliphatic carbocycles. The van der Waals surface area contributed by atoms with Gasteiger partial charge in [0, 0.05) is 22.1 Å². The van der Waals surface area contributed by atoms with Crippen molar-refractivity contribution in [2.75, 3.05) is 23.0 Å². The molecule has 0 saturated carbocycles. The lowest BCUT2D eigenvalue weighted by atomic mass is 10.3. The monoisotopic (exact) mass is 229 g/mol. The van der Waals surface area contributed by atoms with Crippen LogP contribution in [0.3, 0.4) is 0 Å². The van der Waals surface area contributed by atoms with Crippen LogP contribution in [0.15, 0.2) is 29.2 Å². The molecule has 1 aromatic rings. The minimum atomic E-state index is -0.870. The van der Waals surface area contributed by atoms with E-state index >= 15 is 0 Å². The summed E-state index contributed by atoms with van der Waals surface area (Å²) in [5.74, 6) is 2.76. The van der Waals surface area contributed by atoms with Crippen LogP contribution in [-0.2, 0) is 10.8 Å². The molecule has 2 N–H and O–H groups in total. The predicted molar refractivity (Wildman–Crippen MR) is 65.1 cm³/mol. The maximum atomic E-state index is 11.7. The largest absolute Gasteiger partial charge is 0.399 e. The topological polar surface area (TPSA) is 43.1 Å². The van der Waals surface area contributed by atoms with Crippen LogP contribution in [-0.4, -0.2) is 21.5 Å². The second-order valence-corrected chi connectivity index (χ2v) is 5.78. The zero-order chi connectivity index (χ0) is 10.4. The molecular weight excluding hydrogens is 214 g/mol. The average Bonchev–Trinajstić information content (AvgIpc) is 2.19. The first-order valence-electron chi connectivity index (χ1n) is 4.55. The molecule has 0 aromatic heterocycles. The molecule has 14 heavy (non-hydrogen) atoms. The van der Waals surface area contributed by atoms with Crippen molar-refractivity contribution in [3.8, 4) is 0 Å². The molecule has 0 amide bonds. The van der Waals surface area contributed by atoms with Gasteiger partial charge in [-0.05, 0) is 30.0 Å². The van der Waals surface area contributed by atoms with Crippen molar-refractivity contribution in [2.24, 2.45) is 0 Å². The summed E-state index contributed by atoms with van der Waals surface area (Å²) < 4.78 is 11.7. The second-order valence-electron chi connectivity index (χ2n) is 2.82. The molecule has 0 aliphatic rings. The maximum absolute atomic E-state index is 11.7. The van der Waals surface area contributed by atoms with Gasteiger partial charge >= 0.3 is 0 Å². The fourth-order valence-electron chi connectivity index (χ4n) is 1.02. The van der Waals surface area contributed by atoms with Crippen LogP contribution in [0.1, 0.15) is 6.92 Å². The standard InChI is InChI=1S/C10H15NOS2/c1-2-13-7-8-14(12)10-5-3-9(11)4-6-10/h3-6H,2,7-8,11H2,1H3. The number of nitrogens with two attached hydrogens (primary N) is 1. The van der Waals surface area contributed by atoms with Crippen molar-refractivity contribution in [2.45, 2.75) is 11.8 Å². The number of thioether (sulfide) groups is 1. The molecule has 1 atom stereocenters. The van der Waals surface area contributed by atoms with Gasteiger partial charge in [0.25, 0.3) is 0 Å². The summed E-state index contributed by atoms with van der Waals surface area (Å²) in [7, 11) is -0.870. The smallest absolute Gasteiger partial charge is 0.0537 e. The number of nitrogen functional groups attached to an aromatic ring is 1. The van der Waals surface area contributed by atoms with Crippen molar-refractivity contribution < 1.29 is 4.21 Å². The van der Waals surface area contributed by atoms with Gasteiger partial charge in [-0.25, -0.2) is 0 Å². The highest BCUT2D eigenvalue weighted by Crippen LogP contribution is 2.11. The van der Waals surface area contributed by atoms with Gasteiger partial charge in [0.15, 0.2) is 0 Å². The minimum absolute atomic E-state index is 0.716. The first-order chi connectivity index (χ1) is 6.74. The van der Waals surface area contributed by atoms with E-state index in [0.717, 1.165) is 22.2 Å². The molecule has 0 aliphatic heterocycles. The fourth-order valence-corrected chi connectivity index (χ4v) is 3.06. The highest BCUT2D eigenvalue weighted by Gasteiger charge is 2.02. The average molecular weight is 229 g/mol. The van der Waals surface area contributed by atoms with Gasteiger partial charge in [0.2, 0.25) is 0 Å². The van der Waals surface area contributed by atoms with Crippen LogP contribution < -0.4 is 5.73 Å². The van der Waals surface area contributed by atoms with Crippen molar-refractivity contribution in [3.63, 3.8) is 0 Å². The van der Waals surface area contributed by atoms with E-state index in [1.54, 1.807) is 12.1 Å². The maximum Gasteiger partial charge on any atom is 0.0537 e. The summed E-state index contributed by atoms with van der Waals surface area (Å²) in [6.07, 6.45) is 0. The summed E-state index contributed by atoms with van der Waals surface area (Å²) in [6, 6.07) is 7.25. The normalized spacial score (nSPS) is 12.6. The van der Waals surface area contributed by atoms with E-state index in [9.17, 15) is 4.21 Å². The summed E-state index contributed by atoms with van der Waals surface area (Å²) in [5, 5.41) is 0. The molecule has 1 aromatic carbocycles. The second kappa shape index (κ2) is 6.09. The van der Waals surface area contributed by atoms with E-state index in [2.05, 4.69) is 6.92 Å². The van der Waals surface area contributed by atoms with Crippen molar-refractivity contribution >= 4 is 28.2 Å². The number of hydrogen-bond acceptors (Lipinski definition) is 3. The third-order valence-electron chi connectivity index (χ3n) is 1.76. The summed E-state index contributed by atoms with van der Waals surface area (Å²) in [6.45, 7) is 2.11. The van der Waals surface area contributed by atoms with E-state index in [4.69, 9.17) is 5.73 Å². The molecule has 0 radical (unpaired) electrons. The lowest BCUT2D eigenvalue weighted by Crippen LogP contribution is -2.01. The first-order valence-corrected chi connectivity index (χ1v) is 7.03. The van der Waals surface area contributed by atoms with Crippen LogP contribution >= 0.6 is 11.8 Å². The zero-order valence-corrected chi connectivity index (χ0v) is 9.87. The summed E-state index contributed by atoms with van der Waals surface area (Å²) >= 11 is 1.82. The number of rotatable bonds is 5. The Morgan fingerprint density at radius 2 is 2.00 bits per heavy atom. The Morgan fingerprint density at radius 1 is 1.36 bits per heavy atom. The van der Waals surface area contributed by atoms with Gasteiger partial charge in [-0.2, -0.15) is 11.8 Å². The Morgan fingerprint density at radius 3 is 2.57 bits per heavy atom. The van der Waals surface area contributed by atoms with Crippen molar-refractivity contribution in [1.82, 2.24) is 0 Å². The van der Waals surface area contributed by atoms with Crippen molar-refractivity contribution in [3.05, 3.63) is 24.3 Å². The SMILES string of the molecule is CCSCCS(=O)c1ccc(N)cc1. The molecule has 1 rings (SSSR count). The Kier molecular flexibility index (Phi) is 5.04. The molecule has 2 nitrogen and oxygen atoms in total. The quantitative estimate of drug-likeness (QED) is 0.621. The van der Waals surface area contributed by atoms with Crippen LogP contribution in [0.25, 0.3) is 0 Å². The summed E-state index contributed by atoms with van der Waals surface area (Å²) in [5.41, 5.74) is 6.26. The molecule has 0 heterocycles. The van der Waals surface area contributed by atoms with Gasteiger partial charge < -0.3 is 5.73 Å². The number of benzene rings is 1. The third kappa shape index (κ3) is 3.72. The van der Waals surface area contributed by atoms with Gasteiger partial charge in [0.05, 0.1) is 10.8 Å². The van der Waals surface area contributed by atoms with E-state index in [0.29, 0.717) is 5.69 Å². The Hall–Kier alpha value is -0.480. The molecule has 4 heteroatoms. The molecule has 0 bridgehead atoms. The van der Waals surface area contributed by atoms with Crippen molar-refractivity contribution in [1.29, 1.82) is 0 Å². The molecule has 78 valence electrons. The number of anilines is 1. The molecular formula is C10H15NOS2. The zero-order valence-electron chi connectivity index (χ0n) is 8.23. The van der Waals surface area contributed by atoms with Crippen LogP contribution in [0.4, 0.5) is 5.69 Å². The lowest BCUT2D eigenvalue weighted by Gasteiger charge is -2.01. The lowest BCUT2D eigenvalue weighted by molar-refractivity contribution is 0.684. The van der Waals surface area contributed by atoms with E-state index in [-0.39, 0.29) is 0 Å². The van der Waals surface area contributed by atoms with Gasteiger partial charge in [0.1, 0.15) is 0 Å². The fraction of sp³-hybridized carbons (Fsp3) is 0.400.